The molecule has 0 spiro atoms. The second-order valence-corrected chi connectivity index (χ2v) is 5.04. The molecule has 0 aliphatic rings. The van der Waals surface area contributed by atoms with Gasteiger partial charge in [-0.3, -0.25) is 4.79 Å². The average Bonchev–Trinajstić information content (AvgIpc) is 2.45. The van der Waals surface area contributed by atoms with Gasteiger partial charge in [-0.2, -0.15) is 0 Å². The van der Waals surface area contributed by atoms with Gasteiger partial charge < -0.3 is 11.1 Å². The number of carbonyl (C=O) groups is 1. The van der Waals surface area contributed by atoms with E-state index in [1.807, 2.05) is 54.8 Å². The Morgan fingerprint density at radius 3 is 2.58 bits per heavy atom. The second kappa shape index (κ2) is 6.29. The van der Waals surface area contributed by atoms with Gasteiger partial charge in [0, 0.05) is 22.7 Å². The molecule has 0 radical (unpaired) electrons. The summed E-state index contributed by atoms with van der Waals surface area (Å²) in [7, 11) is 0. The predicted octanol–water partition coefficient (Wildman–Crippen LogP) is 2.92. The maximum atomic E-state index is 12.0. The number of amides is 1. The number of hydrogen-bond donors (Lipinski definition) is 2. The first kappa shape index (κ1) is 13.5. The van der Waals surface area contributed by atoms with Crippen LogP contribution in [0.3, 0.4) is 0 Å². The van der Waals surface area contributed by atoms with Crippen molar-refractivity contribution in [1.29, 1.82) is 0 Å². The van der Waals surface area contributed by atoms with Crippen LogP contribution in [0.5, 0.6) is 0 Å². The van der Waals surface area contributed by atoms with Gasteiger partial charge >= 0.3 is 0 Å². The highest BCUT2D eigenvalue weighted by Gasteiger charge is 2.05. The quantitative estimate of drug-likeness (QED) is 0.664. The van der Waals surface area contributed by atoms with Crippen LogP contribution < -0.4 is 11.1 Å². The van der Waals surface area contributed by atoms with Gasteiger partial charge in [-0.15, -0.1) is 11.8 Å². The molecule has 0 aromatic heterocycles. The first-order valence-electron chi connectivity index (χ1n) is 5.96. The lowest BCUT2D eigenvalue weighted by Crippen LogP contribution is -2.22. The Hall–Kier alpha value is -1.94. The molecule has 3 nitrogen and oxygen atoms in total. The van der Waals surface area contributed by atoms with Crippen molar-refractivity contribution in [3.8, 4) is 0 Å². The fourth-order valence-electron chi connectivity index (χ4n) is 1.73. The normalized spacial score (nSPS) is 10.2. The molecule has 2 rings (SSSR count). The molecule has 2 aromatic rings. The highest BCUT2D eigenvalue weighted by atomic mass is 32.2. The number of hydrogen-bond acceptors (Lipinski definition) is 3. The maximum Gasteiger partial charge on any atom is 0.251 e. The molecule has 19 heavy (non-hydrogen) atoms. The highest BCUT2D eigenvalue weighted by Crippen LogP contribution is 2.15. The lowest BCUT2D eigenvalue weighted by molar-refractivity contribution is 0.0951. The van der Waals surface area contributed by atoms with Crippen LogP contribution in [0.1, 0.15) is 15.9 Å². The summed E-state index contributed by atoms with van der Waals surface area (Å²) in [6, 6.07) is 15.1. The van der Waals surface area contributed by atoms with Crippen LogP contribution in [0, 0.1) is 0 Å². The van der Waals surface area contributed by atoms with E-state index in [4.69, 9.17) is 5.73 Å². The van der Waals surface area contributed by atoms with Crippen molar-refractivity contribution in [2.24, 2.45) is 0 Å². The second-order valence-electron chi connectivity index (χ2n) is 4.16. The van der Waals surface area contributed by atoms with Crippen LogP contribution in [0.25, 0.3) is 0 Å². The topological polar surface area (TPSA) is 55.1 Å². The molecule has 2 aromatic carbocycles. The van der Waals surface area contributed by atoms with Crippen molar-refractivity contribution in [3.63, 3.8) is 0 Å². The standard InChI is InChI=1S/C15H16N2OS/c1-19-14-7-5-12(6-8-14)15(18)17-10-11-3-2-4-13(16)9-11/h2-9H,10,16H2,1H3,(H,17,18). The fourth-order valence-corrected chi connectivity index (χ4v) is 2.14. The van der Waals surface area contributed by atoms with Crippen LogP contribution in [0.15, 0.2) is 53.4 Å². The van der Waals surface area contributed by atoms with Crippen LogP contribution in [0.4, 0.5) is 5.69 Å². The predicted molar refractivity (Wildman–Crippen MR) is 80.2 cm³/mol. The van der Waals surface area contributed by atoms with Crippen molar-refractivity contribution < 1.29 is 4.79 Å². The van der Waals surface area contributed by atoms with Gasteiger partial charge in [0.15, 0.2) is 0 Å². The number of thioether (sulfide) groups is 1. The summed E-state index contributed by atoms with van der Waals surface area (Å²) in [5, 5.41) is 2.88. The van der Waals surface area contributed by atoms with Gasteiger partial charge in [0.2, 0.25) is 0 Å². The first-order valence-corrected chi connectivity index (χ1v) is 7.18. The minimum absolute atomic E-state index is 0.0740. The SMILES string of the molecule is CSc1ccc(C(=O)NCc2cccc(N)c2)cc1. The summed E-state index contributed by atoms with van der Waals surface area (Å²) in [6.45, 7) is 0.480. The lowest BCUT2D eigenvalue weighted by atomic mass is 10.2. The molecule has 98 valence electrons. The summed E-state index contributed by atoms with van der Waals surface area (Å²) in [5.41, 5.74) is 8.06. The number of nitrogens with one attached hydrogen (secondary N) is 1. The molecule has 3 N–H and O–H groups in total. The minimum Gasteiger partial charge on any atom is -0.399 e. The molecule has 0 saturated carbocycles. The zero-order valence-corrected chi connectivity index (χ0v) is 11.5. The Morgan fingerprint density at radius 1 is 1.21 bits per heavy atom. The zero-order valence-electron chi connectivity index (χ0n) is 10.7. The molecular formula is C15H16N2OS. The van der Waals surface area contributed by atoms with E-state index in [-0.39, 0.29) is 5.91 Å². The molecule has 0 fully saturated rings. The molecule has 0 heterocycles. The zero-order chi connectivity index (χ0) is 13.7. The molecule has 1 amide bonds. The number of nitrogens with two attached hydrogens (primary N) is 1. The van der Waals surface area contributed by atoms with Gasteiger partial charge in [0.1, 0.15) is 0 Å². The third-order valence-corrected chi connectivity index (χ3v) is 3.50. The molecule has 0 unspecified atom stereocenters. The Labute approximate surface area is 117 Å². The van der Waals surface area contributed by atoms with Gasteiger partial charge in [0.25, 0.3) is 5.91 Å². The summed E-state index contributed by atoms with van der Waals surface area (Å²) < 4.78 is 0. The van der Waals surface area contributed by atoms with Crippen LogP contribution >= 0.6 is 11.8 Å². The summed E-state index contributed by atoms with van der Waals surface area (Å²) in [6.07, 6.45) is 2.01. The molecule has 0 aliphatic heterocycles. The Bertz CT molecular complexity index is 567. The Kier molecular flexibility index (Phi) is 4.47. The van der Waals surface area contributed by atoms with Crippen molar-refractivity contribution in [2.45, 2.75) is 11.4 Å². The summed E-state index contributed by atoms with van der Waals surface area (Å²) in [4.78, 5) is 13.1. The van der Waals surface area contributed by atoms with Gasteiger partial charge in [-0.1, -0.05) is 12.1 Å². The van der Waals surface area contributed by atoms with Gasteiger partial charge in [-0.25, -0.2) is 0 Å². The van der Waals surface area contributed by atoms with E-state index < -0.39 is 0 Å². The van der Waals surface area contributed by atoms with Crippen molar-refractivity contribution in [3.05, 3.63) is 59.7 Å². The number of rotatable bonds is 4. The van der Waals surface area contributed by atoms with E-state index in [1.54, 1.807) is 11.8 Å². The summed E-state index contributed by atoms with van der Waals surface area (Å²) >= 11 is 1.66. The Balaban J connectivity index is 1.97. The number of benzene rings is 2. The molecule has 0 saturated heterocycles. The van der Waals surface area contributed by atoms with Crippen LogP contribution in [0.2, 0.25) is 0 Å². The number of carbonyl (C=O) groups excluding carboxylic acids is 1. The summed E-state index contributed by atoms with van der Waals surface area (Å²) in [5.74, 6) is -0.0740. The first-order chi connectivity index (χ1) is 9.19. The van der Waals surface area contributed by atoms with Gasteiger partial charge in [-0.05, 0) is 48.2 Å². The van der Waals surface area contributed by atoms with E-state index in [0.717, 1.165) is 10.5 Å². The van der Waals surface area contributed by atoms with Crippen LogP contribution in [-0.4, -0.2) is 12.2 Å². The van der Waals surface area contributed by atoms with E-state index in [0.29, 0.717) is 17.8 Å². The minimum atomic E-state index is -0.0740. The van der Waals surface area contributed by atoms with Crippen LogP contribution in [-0.2, 0) is 6.54 Å². The van der Waals surface area contributed by atoms with E-state index in [9.17, 15) is 4.79 Å². The molecular weight excluding hydrogens is 256 g/mol. The van der Waals surface area contributed by atoms with Crippen molar-refractivity contribution in [2.75, 3.05) is 12.0 Å². The monoisotopic (exact) mass is 272 g/mol. The third-order valence-electron chi connectivity index (χ3n) is 2.76. The highest BCUT2D eigenvalue weighted by molar-refractivity contribution is 7.98. The van der Waals surface area contributed by atoms with Crippen molar-refractivity contribution in [1.82, 2.24) is 5.32 Å². The van der Waals surface area contributed by atoms with E-state index in [2.05, 4.69) is 5.32 Å². The largest absolute Gasteiger partial charge is 0.399 e. The smallest absolute Gasteiger partial charge is 0.251 e. The lowest BCUT2D eigenvalue weighted by Gasteiger charge is -2.06. The van der Waals surface area contributed by atoms with E-state index in [1.165, 1.54) is 0 Å². The average molecular weight is 272 g/mol. The Morgan fingerprint density at radius 2 is 1.95 bits per heavy atom. The molecule has 0 bridgehead atoms. The van der Waals surface area contributed by atoms with Gasteiger partial charge in [0.05, 0.1) is 0 Å². The molecule has 0 atom stereocenters. The van der Waals surface area contributed by atoms with Crippen molar-refractivity contribution >= 4 is 23.4 Å². The molecule has 4 heteroatoms. The number of anilines is 1. The fraction of sp³-hybridized carbons (Fsp3) is 0.133. The third kappa shape index (κ3) is 3.76. The van der Waals surface area contributed by atoms with E-state index >= 15 is 0 Å². The number of nitrogen functional groups attached to an aromatic ring is 1. The molecule has 0 aliphatic carbocycles. The maximum absolute atomic E-state index is 12.0.